The average Bonchev–Trinajstić information content (AvgIpc) is 2.49. The van der Waals surface area contributed by atoms with Gasteiger partial charge in [-0.1, -0.05) is 12.2 Å². The number of hydrogen-bond donors (Lipinski definition) is 1. The molecule has 0 aromatic heterocycles. The largest absolute Gasteiger partial charge is 0.497 e. The van der Waals surface area contributed by atoms with Crippen LogP contribution in [-0.4, -0.2) is 68.3 Å². The molecule has 5 nitrogen and oxygen atoms in total. The maximum Gasteiger partial charge on any atom is 0.123 e. The zero-order valence-corrected chi connectivity index (χ0v) is 13.5. The summed E-state index contributed by atoms with van der Waals surface area (Å²) in [5.41, 5.74) is 6.44. The second kappa shape index (κ2) is 7.59. The average molecular weight is 309 g/mol. The maximum absolute atomic E-state index is 5.82. The number of thiocarbonyl (C=S) groups is 1. The predicted octanol–water partition coefficient (Wildman–Crippen LogP) is 0.956. The quantitative estimate of drug-likeness (QED) is 0.790. The van der Waals surface area contributed by atoms with E-state index in [1.54, 1.807) is 7.11 Å². The SMILES string of the molecule is COc1cc(OCCN2CCN(C)CC2)cc(C(N)=S)c1. The molecule has 1 aliphatic rings. The summed E-state index contributed by atoms with van der Waals surface area (Å²) in [5, 5.41) is 0. The Kier molecular flexibility index (Phi) is 5.78. The summed E-state index contributed by atoms with van der Waals surface area (Å²) in [4.78, 5) is 5.10. The second-order valence-electron chi connectivity index (χ2n) is 5.25. The Morgan fingerprint density at radius 2 is 1.86 bits per heavy atom. The van der Waals surface area contributed by atoms with Crippen LogP contribution in [0.4, 0.5) is 0 Å². The van der Waals surface area contributed by atoms with Crippen molar-refractivity contribution in [2.45, 2.75) is 0 Å². The lowest BCUT2D eigenvalue weighted by Crippen LogP contribution is -2.45. The zero-order valence-electron chi connectivity index (χ0n) is 12.7. The van der Waals surface area contributed by atoms with Crippen LogP contribution in [0.1, 0.15) is 5.56 Å². The van der Waals surface area contributed by atoms with Gasteiger partial charge in [-0.15, -0.1) is 0 Å². The van der Waals surface area contributed by atoms with Crippen molar-refractivity contribution in [1.29, 1.82) is 0 Å². The zero-order chi connectivity index (χ0) is 15.2. The van der Waals surface area contributed by atoms with Crippen molar-refractivity contribution in [3.63, 3.8) is 0 Å². The first-order valence-corrected chi connectivity index (χ1v) is 7.52. The molecule has 1 aromatic rings. The molecule has 0 unspecified atom stereocenters. The minimum absolute atomic E-state index is 0.345. The lowest BCUT2D eigenvalue weighted by atomic mass is 10.2. The third-order valence-electron chi connectivity index (χ3n) is 3.67. The lowest BCUT2D eigenvalue weighted by Gasteiger charge is -2.32. The molecule has 1 aliphatic heterocycles. The monoisotopic (exact) mass is 309 g/mol. The summed E-state index contributed by atoms with van der Waals surface area (Å²) < 4.78 is 11.1. The fourth-order valence-corrected chi connectivity index (χ4v) is 2.40. The van der Waals surface area contributed by atoms with Gasteiger partial charge in [0.1, 0.15) is 23.1 Å². The lowest BCUT2D eigenvalue weighted by molar-refractivity contribution is 0.133. The molecule has 0 atom stereocenters. The molecule has 1 saturated heterocycles. The van der Waals surface area contributed by atoms with Gasteiger partial charge in [-0.25, -0.2) is 0 Å². The first kappa shape index (κ1) is 16.0. The minimum Gasteiger partial charge on any atom is -0.497 e. The van der Waals surface area contributed by atoms with Crippen molar-refractivity contribution in [3.05, 3.63) is 23.8 Å². The normalized spacial score (nSPS) is 16.7. The molecule has 1 aromatic carbocycles. The van der Waals surface area contributed by atoms with Gasteiger partial charge < -0.3 is 20.1 Å². The van der Waals surface area contributed by atoms with E-state index in [9.17, 15) is 0 Å². The number of nitrogens with two attached hydrogens (primary N) is 1. The van der Waals surface area contributed by atoms with E-state index < -0.39 is 0 Å². The van der Waals surface area contributed by atoms with Crippen molar-refractivity contribution in [2.24, 2.45) is 5.73 Å². The van der Waals surface area contributed by atoms with Gasteiger partial charge in [-0.3, -0.25) is 4.90 Å². The summed E-state index contributed by atoms with van der Waals surface area (Å²) in [6.07, 6.45) is 0. The highest BCUT2D eigenvalue weighted by atomic mass is 32.1. The highest BCUT2D eigenvalue weighted by Gasteiger charge is 2.13. The van der Waals surface area contributed by atoms with Crippen molar-refractivity contribution in [2.75, 3.05) is 53.5 Å². The van der Waals surface area contributed by atoms with Crippen LogP contribution in [0.15, 0.2) is 18.2 Å². The van der Waals surface area contributed by atoms with Crippen LogP contribution < -0.4 is 15.2 Å². The van der Waals surface area contributed by atoms with Crippen LogP contribution in [0.3, 0.4) is 0 Å². The van der Waals surface area contributed by atoms with Gasteiger partial charge in [0.2, 0.25) is 0 Å². The molecule has 1 fully saturated rings. The van der Waals surface area contributed by atoms with Crippen LogP contribution in [0.25, 0.3) is 0 Å². The molecule has 1 heterocycles. The fraction of sp³-hybridized carbons (Fsp3) is 0.533. The molecule has 0 aliphatic carbocycles. The van der Waals surface area contributed by atoms with Gasteiger partial charge in [-0.2, -0.15) is 0 Å². The van der Waals surface area contributed by atoms with Crippen molar-refractivity contribution in [1.82, 2.24) is 9.80 Å². The molecular weight excluding hydrogens is 286 g/mol. The predicted molar refractivity (Wildman–Crippen MR) is 88.3 cm³/mol. The Hall–Kier alpha value is -1.37. The smallest absolute Gasteiger partial charge is 0.123 e. The van der Waals surface area contributed by atoms with Crippen molar-refractivity contribution >= 4 is 17.2 Å². The van der Waals surface area contributed by atoms with Crippen molar-refractivity contribution in [3.8, 4) is 11.5 Å². The van der Waals surface area contributed by atoms with Gasteiger partial charge in [0.05, 0.1) is 7.11 Å². The summed E-state index contributed by atoms with van der Waals surface area (Å²) in [6, 6.07) is 5.52. The highest BCUT2D eigenvalue weighted by Crippen LogP contribution is 2.22. The van der Waals surface area contributed by atoms with Crippen LogP contribution in [0, 0.1) is 0 Å². The number of ether oxygens (including phenoxy) is 2. The third-order valence-corrected chi connectivity index (χ3v) is 3.91. The third kappa shape index (κ3) is 4.84. The molecule has 0 bridgehead atoms. The number of methoxy groups -OCH3 is 1. The van der Waals surface area contributed by atoms with Gasteiger partial charge in [0.15, 0.2) is 0 Å². The molecule has 0 amide bonds. The van der Waals surface area contributed by atoms with E-state index in [0.717, 1.165) is 44.0 Å². The van der Waals surface area contributed by atoms with E-state index in [1.807, 2.05) is 18.2 Å². The number of rotatable bonds is 6. The summed E-state index contributed by atoms with van der Waals surface area (Å²) in [5.74, 6) is 1.45. The molecule has 21 heavy (non-hydrogen) atoms. The van der Waals surface area contributed by atoms with Gasteiger partial charge in [0.25, 0.3) is 0 Å². The topological polar surface area (TPSA) is 51.0 Å². The Morgan fingerprint density at radius 3 is 2.48 bits per heavy atom. The fourth-order valence-electron chi connectivity index (χ4n) is 2.28. The van der Waals surface area contributed by atoms with E-state index in [2.05, 4.69) is 16.8 Å². The van der Waals surface area contributed by atoms with Crippen LogP contribution in [0.5, 0.6) is 11.5 Å². The molecule has 116 valence electrons. The van der Waals surface area contributed by atoms with Crippen LogP contribution in [-0.2, 0) is 0 Å². The van der Waals surface area contributed by atoms with Crippen molar-refractivity contribution < 1.29 is 9.47 Å². The van der Waals surface area contributed by atoms with E-state index in [0.29, 0.717) is 17.3 Å². The summed E-state index contributed by atoms with van der Waals surface area (Å²) in [7, 11) is 3.77. The number of likely N-dealkylation sites (N-methyl/N-ethyl adjacent to an activating group) is 1. The van der Waals surface area contributed by atoms with Gasteiger partial charge >= 0.3 is 0 Å². The summed E-state index contributed by atoms with van der Waals surface area (Å²) >= 11 is 5.01. The Morgan fingerprint density at radius 1 is 1.19 bits per heavy atom. The van der Waals surface area contributed by atoms with E-state index in [-0.39, 0.29) is 0 Å². The molecular formula is C15H23N3O2S. The first-order valence-electron chi connectivity index (χ1n) is 7.11. The molecule has 2 N–H and O–H groups in total. The highest BCUT2D eigenvalue weighted by molar-refractivity contribution is 7.80. The Bertz CT molecular complexity index is 488. The second-order valence-corrected chi connectivity index (χ2v) is 5.69. The number of nitrogens with zero attached hydrogens (tertiary/aromatic N) is 2. The molecule has 6 heteroatoms. The number of hydrogen-bond acceptors (Lipinski definition) is 5. The Labute approximate surface area is 131 Å². The van der Waals surface area contributed by atoms with Gasteiger partial charge in [-0.05, 0) is 19.2 Å². The number of piperazine rings is 1. The molecule has 2 rings (SSSR count). The van der Waals surface area contributed by atoms with E-state index in [4.69, 9.17) is 27.4 Å². The van der Waals surface area contributed by atoms with Gasteiger partial charge in [0, 0.05) is 44.4 Å². The molecule has 0 saturated carbocycles. The standard InChI is InChI=1S/C15H23N3O2S/c1-17-3-5-18(6-4-17)7-8-20-14-10-12(15(16)21)9-13(11-14)19-2/h9-11H,3-8H2,1-2H3,(H2,16,21). The molecule has 0 radical (unpaired) electrons. The van der Waals surface area contributed by atoms with E-state index in [1.165, 1.54) is 0 Å². The van der Waals surface area contributed by atoms with Crippen LogP contribution >= 0.6 is 12.2 Å². The van der Waals surface area contributed by atoms with Crippen LogP contribution in [0.2, 0.25) is 0 Å². The summed E-state index contributed by atoms with van der Waals surface area (Å²) in [6.45, 7) is 5.99. The molecule has 0 spiro atoms. The minimum atomic E-state index is 0.345. The first-order chi connectivity index (χ1) is 10.1. The number of benzene rings is 1. The van der Waals surface area contributed by atoms with E-state index >= 15 is 0 Å². The maximum atomic E-state index is 5.82. The Balaban J connectivity index is 1.87.